The molecule has 0 aliphatic heterocycles. The van der Waals surface area contributed by atoms with Crippen LogP contribution >= 0.6 is 0 Å². The number of nitrogens with zero attached hydrogens (tertiary/aromatic N) is 3. The van der Waals surface area contributed by atoms with E-state index in [1.807, 2.05) is 23.7 Å². The van der Waals surface area contributed by atoms with Gasteiger partial charge in [-0.05, 0) is 17.7 Å². The SMILES string of the molecule is COc1ccc(C(NC(=O)Cc2ccccc2[N+](=O)[O-])c2nccn2C)cc1. The molecule has 8 heteroatoms. The molecule has 144 valence electrons. The van der Waals surface area contributed by atoms with Gasteiger partial charge in [0.2, 0.25) is 5.91 Å². The number of nitrogens with one attached hydrogen (secondary N) is 1. The molecule has 28 heavy (non-hydrogen) atoms. The van der Waals surface area contributed by atoms with E-state index < -0.39 is 11.0 Å². The highest BCUT2D eigenvalue weighted by Gasteiger charge is 2.22. The maximum Gasteiger partial charge on any atom is 0.273 e. The number of nitro benzene ring substituents is 1. The number of methoxy groups -OCH3 is 1. The van der Waals surface area contributed by atoms with Crippen molar-refractivity contribution in [2.24, 2.45) is 7.05 Å². The molecule has 1 aromatic heterocycles. The minimum Gasteiger partial charge on any atom is -0.497 e. The van der Waals surface area contributed by atoms with E-state index in [0.29, 0.717) is 17.1 Å². The molecule has 8 nitrogen and oxygen atoms in total. The third-order valence-electron chi connectivity index (χ3n) is 4.41. The van der Waals surface area contributed by atoms with Gasteiger partial charge in [0, 0.05) is 31.1 Å². The molecule has 0 saturated heterocycles. The summed E-state index contributed by atoms with van der Waals surface area (Å²) in [6.45, 7) is 0. The fourth-order valence-electron chi connectivity index (χ4n) is 2.97. The van der Waals surface area contributed by atoms with E-state index in [2.05, 4.69) is 10.3 Å². The van der Waals surface area contributed by atoms with Crippen molar-refractivity contribution in [2.45, 2.75) is 12.5 Å². The Balaban J connectivity index is 1.86. The minimum atomic E-state index is -0.499. The highest BCUT2D eigenvalue weighted by atomic mass is 16.6. The fraction of sp³-hybridized carbons (Fsp3) is 0.200. The molecule has 0 radical (unpaired) electrons. The van der Waals surface area contributed by atoms with Crippen LogP contribution in [0.5, 0.6) is 5.75 Å². The Labute approximate surface area is 161 Å². The molecule has 1 amide bonds. The Kier molecular flexibility index (Phi) is 5.69. The maximum absolute atomic E-state index is 12.7. The van der Waals surface area contributed by atoms with Gasteiger partial charge in [0.05, 0.1) is 18.5 Å². The van der Waals surface area contributed by atoms with E-state index in [4.69, 9.17) is 4.74 Å². The van der Waals surface area contributed by atoms with Crippen molar-refractivity contribution in [2.75, 3.05) is 7.11 Å². The van der Waals surface area contributed by atoms with Crippen LogP contribution in [0.25, 0.3) is 0 Å². The van der Waals surface area contributed by atoms with Crippen LogP contribution in [-0.4, -0.2) is 27.5 Å². The van der Waals surface area contributed by atoms with E-state index in [-0.39, 0.29) is 18.0 Å². The predicted molar refractivity (Wildman–Crippen MR) is 103 cm³/mol. The number of aromatic nitrogens is 2. The van der Waals surface area contributed by atoms with Crippen LogP contribution in [0.3, 0.4) is 0 Å². The molecule has 3 rings (SSSR count). The van der Waals surface area contributed by atoms with E-state index in [0.717, 1.165) is 5.56 Å². The second-order valence-corrected chi connectivity index (χ2v) is 6.23. The van der Waals surface area contributed by atoms with E-state index in [9.17, 15) is 14.9 Å². The van der Waals surface area contributed by atoms with Gasteiger partial charge >= 0.3 is 0 Å². The van der Waals surface area contributed by atoms with Crippen LogP contribution in [0.2, 0.25) is 0 Å². The number of carbonyl (C=O) groups excluding carboxylic acids is 1. The maximum atomic E-state index is 12.7. The number of ether oxygens (including phenoxy) is 1. The van der Waals surface area contributed by atoms with Gasteiger partial charge in [0.25, 0.3) is 5.69 Å². The van der Waals surface area contributed by atoms with Gasteiger partial charge in [-0.3, -0.25) is 14.9 Å². The number of aryl methyl sites for hydroxylation is 1. The molecule has 0 spiro atoms. The zero-order valence-electron chi connectivity index (χ0n) is 15.5. The van der Waals surface area contributed by atoms with Crippen molar-refractivity contribution in [1.29, 1.82) is 0 Å². The van der Waals surface area contributed by atoms with Crippen LogP contribution in [0.4, 0.5) is 5.69 Å². The molecule has 1 N–H and O–H groups in total. The Bertz CT molecular complexity index is 982. The Morgan fingerprint density at radius 2 is 1.96 bits per heavy atom. The second kappa shape index (κ2) is 8.34. The summed E-state index contributed by atoms with van der Waals surface area (Å²) in [6, 6.07) is 13.0. The number of rotatable bonds is 7. The molecular formula is C20H20N4O4. The average molecular weight is 380 g/mol. The molecule has 0 bridgehead atoms. The Morgan fingerprint density at radius 1 is 1.25 bits per heavy atom. The Hall–Kier alpha value is -3.68. The van der Waals surface area contributed by atoms with Gasteiger partial charge in [-0.25, -0.2) is 4.98 Å². The van der Waals surface area contributed by atoms with Gasteiger partial charge in [0.15, 0.2) is 0 Å². The topological polar surface area (TPSA) is 99.3 Å². The lowest BCUT2D eigenvalue weighted by atomic mass is 10.0. The van der Waals surface area contributed by atoms with Crippen molar-refractivity contribution < 1.29 is 14.5 Å². The van der Waals surface area contributed by atoms with Gasteiger partial charge in [-0.2, -0.15) is 0 Å². The standard InChI is InChI=1S/C20H20N4O4/c1-23-12-11-21-20(23)19(14-7-9-16(28-2)10-8-14)22-18(25)13-15-5-3-4-6-17(15)24(26)27/h3-12,19H,13H2,1-2H3,(H,22,25). The number of hydrogen-bond acceptors (Lipinski definition) is 5. The Morgan fingerprint density at radius 3 is 2.57 bits per heavy atom. The van der Waals surface area contributed by atoms with Crippen LogP contribution in [-0.2, 0) is 18.3 Å². The smallest absolute Gasteiger partial charge is 0.273 e. The molecule has 1 heterocycles. The molecular weight excluding hydrogens is 360 g/mol. The molecule has 0 aliphatic rings. The summed E-state index contributed by atoms with van der Waals surface area (Å²) < 4.78 is 7.01. The van der Waals surface area contributed by atoms with Crippen LogP contribution in [0, 0.1) is 10.1 Å². The number of nitro groups is 1. The lowest BCUT2D eigenvalue weighted by Gasteiger charge is -2.19. The first kappa shape index (κ1) is 19.1. The summed E-state index contributed by atoms with van der Waals surface area (Å²) in [5.41, 5.74) is 1.11. The fourth-order valence-corrected chi connectivity index (χ4v) is 2.97. The van der Waals surface area contributed by atoms with E-state index in [1.54, 1.807) is 49.8 Å². The van der Waals surface area contributed by atoms with E-state index in [1.165, 1.54) is 6.07 Å². The highest BCUT2D eigenvalue weighted by Crippen LogP contribution is 2.24. The zero-order chi connectivity index (χ0) is 20.1. The third kappa shape index (κ3) is 4.17. The van der Waals surface area contributed by atoms with Crippen molar-refractivity contribution >= 4 is 11.6 Å². The van der Waals surface area contributed by atoms with Crippen molar-refractivity contribution in [3.63, 3.8) is 0 Å². The van der Waals surface area contributed by atoms with Crippen molar-refractivity contribution in [3.05, 3.63) is 88.0 Å². The monoisotopic (exact) mass is 380 g/mol. The highest BCUT2D eigenvalue weighted by molar-refractivity contribution is 5.80. The summed E-state index contributed by atoms with van der Waals surface area (Å²) in [7, 11) is 3.42. The molecule has 0 fully saturated rings. The number of hydrogen-bond donors (Lipinski definition) is 1. The van der Waals surface area contributed by atoms with E-state index >= 15 is 0 Å². The van der Waals surface area contributed by atoms with Gasteiger partial charge in [0.1, 0.15) is 17.6 Å². The van der Waals surface area contributed by atoms with Gasteiger partial charge in [-0.15, -0.1) is 0 Å². The van der Waals surface area contributed by atoms with Gasteiger partial charge < -0.3 is 14.6 Å². The number of amides is 1. The molecule has 2 aromatic carbocycles. The minimum absolute atomic E-state index is 0.0735. The van der Waals surface area contributed by atoms with Crippen molar-refractivity contribution in [1.82, 2.24) is 14.9 Å². The second-order valence-electron chi connectivity index (χ2n) is 6.23. The van der Waals surface area contributed by atoms with Crippen LogP contribution in [0.15, 0.2) is 60.9 Å². The normalized spacial score (nSPS) is 11.6. The van der Waals surface area contributed by atoms with Crippen LogP contribution < -0.4 is 10.1 Å². The lowest BCUT2D eigenvalue weighted by Crippen LogP contribution is -2.32. The van der Waals surface area contributed by atoms with Crippen molar-refractivity contribution in [3.8, 4) is 5.75 Å². The first-order chi connectivity index (χ1) is 13.5. The summed E-state index contributed by atoms with van der Waals surface area (Å²) in [6.07, 6.45) is 3.34. The summed E-state index contributed by atoms with van der Waals surface area (Å²) >= 11 is 0. The summed E-state index contributed by atoms with van der Waals surface area (Å²) in [4.78, 5) is 27.8. The quantitative estimate of drug-likeness (QED) is 0.502. The zero-order valence-corrected chi connectivity index (χ0v) is 15.5. The molecule has 0 saturated carbocycles. The molecule has 3 aromatic rings. The van der Waals surface area contributed by atoms with Crippen LogP contribution in [0.1, 0.15) is 23.0 Å². The summed E-state index contributed by atoms with van der Waals surface area (Å²) in [5, 5.41) is 14.1. The molecule has 1 atom stereocenters. The predicted octanol–water partition coefficient (Wildman–Crippen LogP) is 2.79. The largest absolute Gasteiger partial charge is 0.497 e. The summed E-state index contributed by atoms with van der Waals surface area (Å²) in [5.74, 6) is 1.02. The number of benzene rings is 2. The lowest BCUT2D eigenvalue weighted by molar-refractivity contribution is -0.385. The number of para-hydroxylation sites is 1. The third-order valence-corrected chi connectivity index (χ3v) is 4.41. The average Bonchev–Trinajstić information content (AvgIpc) is 3.12. The van der Waals surface area contributed by atoms with Gasteiger partial charge in [-0.1, -0.05) is 30.3 Å². The first-order valence-electron chi connectivity index (χ1n) is 8.62. The molecule has 0 aliphatic carbocycles. The molecule has 1 unspecified atom stereocenters. The first-order valence-corrected chi connectivity index (χ1v) is 8.62. The number of carbonyl (C=O) groups is 1. The number of imidazole rings is 1.